The molecule has 1 rings (SSSR count). The van der Waals surface area contributed by atoms with Crippen LogP contribution in [0, 0.1) is 17.8 Å². The van der Waals surface area contributed by atoms with Crippen molar-refractivity contribution in [1.82, 2.24) is 26.6 Å². The molecule has 0 radical (unpaired) electrons. The van der Waals surface area contributed by atoms with Gasteiger partial charge in [-0.15, -0.1) is 0 Å². The second-order valence-corrected chi connectivity index (χ2v) is 13.6. The van der Waals surface area contributed by atoms with Crippen LogP contribution in [0.3, 0.4) is 0 Å². The highest BCUT2D eigenvalue weighted by Crippen LogP contribution is 2.14. The number of carbonyl (C=O) groups is 6. The van der Waals surface area contributed by atoms with Gasteiger partial charge in [0.15, 0.2) is 0 Å². The molecule has 0 bridgehead atoms. The molecule has 0 saturated heterocycles. The number of nitrogens with one attached hydrogen (secondary N) is 5. The van der Waals surface area contributed by atoms with Crippen LogP contribution in [0.4, 0.5) is 0 Å². The standard InChI is InChI=1S/C35H57N5O9/c1-9-28(43)39-31(20(4)5)35(49)40-32(21(6)7)34(48)38-24(15-19(2)3)26(41)17-29(44)36-22(8)33(47)37-25(27(42)18-30(45)46)16-23-13-11-10-12-14-23/h10-14,19-22,24-27,31-32,41-42H,9,15-18H2,1-8H3,(H,36,44)(H,37,47)(H,38,48)(H,39,43)(H,40,49)(H,45,46)/t22-,24-,25-,26-,27-,31-,32-/m0/s1. The van der Waals surface area contributed by atoms with E-state index in [0.717, 1.165) is 5.56 Å². The summed E-state index contributed by atoms with van der Waals surface area (Å²) < 4.78 is 0. The highest BCUT2D eigenvalue weighted by atomic mass is 16.4. The third kappa shape index (κ3) is 15.8. The minimum Gasteiger partial charge on any atom is -0.481 e. The van der Waals surface area contributed by atoms with Crippen molar-refractivity contribution in [1.29, 1.82) is 0 Å². The zero-order valence-electron chi connectivity index (χ0n) is 30.0. The van der Waals surface area contributed by atoms with Crippen LogP contribution >= 0.6 is 0 Å². The zero-order valence-corrected chi connectivity index (χ0v) is 30.0. The van der Waals surface area contributed by atoms with Crippen LogP contribution < -0.4 is 26.6 Å². The summed E-state index contributed by atoms with van der Waals surface area (Å²) in [6.07, 6.45) is -3.14. The Balaban J connectivity index is 2.96. The van der Waals surface area contributed by atoms with Crippen LogP contribution in [0.25, 0.3) is 0 Å². The fourth-order valence-electron chi connectivity index (χ4n) is 5.16. The SMILES string of the molecule is CCC(=O)N[C@H](C(=O)N[C@H](C(=O)N[C@@H](CC(C)C)[C@@H](O)CC(=O)N[C@@H](C)C(=O)N[C@@H](Cc1ccccc1)[C@@H](O)CC(=O)O)C(C)C)C(C)C. The molecule has 7 atom stereocenters. The van der Waals surface area contributed by atoms with Crippen LogP contribution in [0.1, 0.15) is 86.6 Å². The molecule has 0 aliphatic carbocycles. The van der Waals surface area contributed by atoms with Crippen molar-refractivity contribution >= 4 is 35.5 Å². The number of carboxylic acids is 1. The topological polar surface area (TPSA) is 223 Å². The van der Waals surface area contributed by atoms with E-state index in [-0.39, 0.29) is 36.5 Å². The van der Waals surface area contributed by atoms with Gasteiger partial charge in [0.25, 0.3) is 0 Å². The predicted molar refractivity (Wildman–Crippen MR) is 184 cm³/mol. The van der Waals surface area contributed by atoms with E-state index in [1.165, 1.54) is 6.92 Å². The van der Waals surface area contributed by atoms with E-state index in [9.17, 15) is 39.0 Å². The quantitative estimate of drug-likeness (QED) is 0.0921. The number of hydrogen-bond donors (Lipinski definition) is 8. The number of aliphatic hydroxyl groups is 2. The first-order valence-electron chi connectivity index (χ1n) is 17.0. The summed E-state index contributed by atoms with van der Waals surface area (Å²) >= 11 is 0. The highest BCUT2D eigenvalue weighted by molar-refractivity contribution is 5.92. The first kappa shape index (κ1) is 43.0. The van der Waals surface area contributed by atoms with E-state index in [4.69, 9.17) is 5.11 Å². The van der Waals surface area contributed by atoms with Crippen molar-refractivity contribution in [3.8, 4) is 0 Å². The van der Waals surface area contributed by atoms with E-state index in [0.29, 0.717) is 6.42 Å². The van der Waals surface area contributed by atoms with Crippen molar-refractivity contribution in [3.05, 3.63) is 35.9 Å². The third-order valence-electron chi connectivity index (χ3n) is 7.99. The molecule has 14 heteroatoms. The second-order valence-electron chi connectivity index (χ2n) is 13.6. The first-order chi connectivity index (χ1) is 22.9. The maximum absolute atomic E-state index is 13.5. The minimum absolute atomic E-state index is 0.00755. The van der Waals surface area contributed by atoms with Gasteiger partial charge in [0.1, 0.15) is 18.1 Å². The largest absolute Gasteiger partial charge is 0.481 e. The van der Waals surface area contributed by atoms with Crippen molar-refractivity contribution < 1.29 is 44.1 Å². The van der Waals surface area contributed by atoms with E-state index in [1.54, 1.807) is 65.0 Å². The summed E-state index contributed by atoms with van der Waals surface area (Å²) in [5.41, 5.74) is 0.762. The number of benzene rings is 1. The average molecular weight is 692 g/mol. The average Bonchev–Trinajstić information content (AvgIpc) is 3.00. The number of aliphatic carboxylic acids is 1. The Morgan fingerprint density at radius 2 is 1.14 bits per heavy atom. The van der Waals surface area contributed by atoms with Gasteiger partial charge in [-0.05, 0) is 43.1 Å². The lowest BCUT2D eigenvalue weighted by Crippen LogP contribution is -2.59. The number of aliphatic hydroxyl groups excluding tert-OH is 2. The number of carboxylic acid groups (broad SMARTS) is 1. The lowest BCUT2D eigenvalue weighted by molar-refractivity contribution is -0.140. The maximum atomic E-state index is 13.5. The van der Waals surface area contributed by atoms with Gasteiger partial charge >= 0.3 is 5.97 Å². The number of hydrogen-bond acceptors (Lipinski definition) is 8. The monoisotopic (exact) mass is 691 g/mol. The molecule has 0 unspecified atom stereocenters. The molecule has 1 aromatic carbocycles. The summed E-state index contributed by atoms with van der Waals surface area (Å²) in [6, 6.07) is 4.13. The first-order valence-corrected chi connectivity index (χ1v) is 17.0. The lowest BCUT2D eigenvalue weighted by Gasteiger charge is -2.31. The molecule has 8 N–H and O–H groups in total. The molecule has 0 aromatic heterocycles. The normalized spacial score (nSPS) is 15.7. The predicted octanol–water partition coefficient (Wildman–Crippen LogP) is 1.03. The number of amides is 5. The van der Waals surface area contributed by atoms with Crippen LogP contribution in [-0.4, -0.2) is 93.2 Å². The Bertz CT molecular complexity index is 1240. The fourth-order valence-corrected chi connectivity index (χ4v) is 5.16. The molecule has 1 aromatic rings. The van der Waals surface area contributed by atoms with Gasteiger partial charge in [-0.3, -0.25) is 28.8 Å². The van der Waals surface area contributed by atoms with Gasteiger partial charge in [0.2, 0.25) is 29.5 Å². The molecule has 0 fully saturated rings. The second kappa shape index (κ2) is 21.1. The van der Waals surface area contributed by atoms with Gasteiger partial charge in [-0.25, -0.2) is 0 Å². The smallest absolute Gasteiger partial charge is 0.306 e. The van der Waals surface area contributed by atoms with Gasteiger partial charge in [-0.1, -0.05) is 78.8 Å². The van der Waals surface area contributed by atoms with E-state index in [2.05, 4.69) is 26.6 Å². The van der Waals surface area contributed by atoms with Crippen LogP contribution in [0.5, 0.6) is 0 Å². The molecule has 0 saturated carbocycles. The molecule has 5 amide bonds. The Kier molecular flexibility index (Phi) is 18.5. The summed E-state index contributed by atoms with van der Waals surface area (Å²) in [6.45, 7) is 13.9. The van der Waals surface area contributed by atoms with Crippen molar-refractivity contribution in [2.75, 3.05) is 0 Å². The van der Waals surface area contributed by atoms with E-state index < -0.39 is 84.9 Å². The molecule has 0 heterocycles. The Morgan fingerprint density at radius 3 is 1.65 bits per heavy atom. The van der Waals surface area contributed by atoms with Crippen LogP contribution in [0.15, 0.2) is 30.3 Å². The molecular formula is C35H57N5O9. The Morgan fingerprint density at radius 1 is 0.633 bits per heavy atom. The minimum atomic E-state index is -1.39. The van der Waals surface area contributed by atoms with Crippen LogP contribution in [0.2, 0.25) is 0 Å². The van der Waals surface area contributed by atoms with Gasteiger partial charge in [-0.2, -0.15) is 0 Å². The maximum Gasteiger partial charge on any atom is 0.306 e. The molecule has 0 aliphatic heterocycles. The summed E-state index contributed by atoms with van der Waals surface area (Å²) in [4.78, 5) is 75.8. The van der Waals surface area contributed by atoms with Crippen molar-refractivity contribution in [2.24, 2.45) is 17.8 Å². The summed E-state index contributed by atoms with van der Waals surface area (Å²) in [5, 5.41) is 44.1. The molecule has 49 heavy (non-hydrogen) atoms. The van der Waals surface area contributed by atoms with Gasteiger partial charge in [0, 0.05) is 6.42 Å². The molecular weight excluding hydrogens is 634 g/mol. The Hall–Kier alpha value is -4.04. The molecule has 0 spiro atoms. The highest BCUT2D eigenvalue weighted by Gasteiger charge is 2.33. The molecule has 0 aliphatic rings. The number of rotatable bonds is 21. The van der Waals surface area contributed by atoms with E-state index >= 15 is 0 Å². The fraction of sp³-hybridized carbons (Fsp3) is 0.657. The summed E-state index contributed by atoms with van der Waals surface area (Å²) in [7, 11) is 0. The molecule has 14 nitrogen and oxygen atoms in total. The number of carbonyl (C=O) groups excluding carboxylic acids is 5. The van der Waals surface area contributed by atoms with Crippen LogP contribution in [-0.2, 0) is 35.2 Å². The Labute approximate surface area is 289 Å². The molecule has 276 valence electrons. The van der Waals surface area contributed by atoms with E-state index in [1.807, 2.05) is 13.8 Å². The summed E-state index contributed by atoms with van der Waals surface area (Å²) in [5.74, 6) is -4.53. The lowest BCUT2D eigenvalue weighted by atomic mass is 9.95. The van der Waals surface area contributed by atoms with Gasteiger partial charge < -0.3 is 41.9 Å². The zero-order chi connectivity index (χ0) is 37.4. The third-order valence-corrected chi connectivity index (χ3v) is 7.99. The van der Waals surface area contributed by atoms with Gasteiger partial charge in [0.05, 0.1) is 37.1 Å². The van der Waals surface area contributed by atoms with Crippen molar-refractivity contribution in [2.45, 2.75) is 130 Å². The van der Waals surface area contributed by atoms with Crippen molar-refractivity contribution in [3.63, 3.8) is 0 Å².